The van der Waals surface area contributed by atoms with Gasteiger partial charge in [0, 0.05) is 25.5 Å². The molecule has 92 valence electrons. The zero-order valence-electron chi connectivity index (χ0n) is 9.80. The summed E-state index contributed by atoms with van der Waals surface area (Å²) in [4.78, 5) is 27.0. The number of pyridine rings is 1. The highest BCUT2D eigenvalue weighted by Crippen LogP contribution is 1.98. The summed E-state index contributed by atoms with van der Waals surface area (Å²) in [7, 11) is 1.43. The molecule has 0 unspecified atom stereocenters. The SMILES string of the molecule is Cc1ccc(CNC(=O)N(C)CC(=O)O)cn1. The topological polar surface area (TPSA) is 82.5 Å². The number of aliphatic carboxylic acids is 1. The minimum atomic E-state index is -1.04. The predicted octanol–water partition coefficient (Wildman–Crippen LogP) is 0.616. The molecule has 0 aliphatic rings. The highest BCUT2D eigenvalue weighted by atomic mass is 16.4. The minimum Gasteiger partial charge on any atom is -0.480 e. The quantitative estimate of drug-likeness (QED) is 0.804. The number of nitrogens with zero attached hydrogens (tertiary/aromatic N) is 2. The summed E-state index contributed by atoms with van der Waals surface area (Å²) < 4.78 is 0. The molecule has 2 N–H and O–H groups in total. The Bertz CT molecular complexity index is 403. The highest BCUT2D eigenvalue weighted by Gasteiger charge is 2.10. The molecule has 1 aromatic heterocycles. The Morgan fingerprint density at radius 1 is 1.47 bits per heavy atom. The van der Waals surface area contributed by atoms with Crippen molar-refractivity contribution in [2.45, 2.75) is 13.5 Å². The molecule has 0 saturated heterocycles. The van der Waals surface area contributed by atoms with Crippen LogP contribution in [0.2, 0.25) is 0 Å². The smallest absolute Gasteiger partial charge is 0.323 e. The summed E-state index contributed by atoms with van der Waals surface area (Å²) in [6, 6.07) is 3.29. The van der Waals surface area contributed by atoms with Crippen molar-refractivity contribution in [3.8, 4) is 0 Å². The van der Waals surface area contributed by atoms with Crippen molar-refractivity contribution in [2.24, 2.45) is 0 Å². The Hall–Kier alpha value is -2.11. The van der Waals surface area contributed by atoms with Crippen LogP contribution in [0, 0.1) is 6.92 Å². The Morgan fingerprint density at radius 3 is 2.71 bits per heavy atom. The lowest BCUT2D eigenvalue weighted by Crippen LogP contribution is -2.39. The fourth-order valence-electron chi connectivity index (χ4n) is 1.19. The third kappa shape index (κ3) is 4.50. The van der Waals surface area contributed by atoms with Gasteiger partial charge in [-0.15, -0.1) is 0 Å². The molecular weight excluding hydrogens is 222 g/mol. The van der Waals surface area contributed by atoms with Gasteiger partial charge < -0.3 is 15.3 Å². The van der Waals surface area contributed by atoms with E-state index in [1.807, 2.05) is 19.1 Å². The molecule has 17 heavy (non-hydrogen) atoms. The number of carbonyl (C=O) groups excluding carboxylic acids is 1. The summed E-state index contributed by atoms with van der Waals surface area (Å²) in [5.74, 6) is -1.04. The Balaban J connectivity index is 2.42. The van der Waals surface area contributed by atoms with E-state index in [2.05, 4.69) is 10.3 Å². The van der Waals surface area contributed by atoms with Gasteiger partial charge in [0.15, 0.2) is 0 Å². The number of amides is 2. The molecule has 0 aliphatic heterocycles. The van der Waals surface area contributed by atoms with Crippen LogP contribution in [0.1, 0.15) is 11.3 Å². The molecule has 0 aliphatic carbocycles. The predicted molar refractivity (Wildman–Crippen MR) is 61.5 cm³/mol. The number of hydrogen-bond acceptors (Lipinski definition) is 3. The molecule has 1 rings (SSSR count). The van der Waals surface area contributed by atoms with Gasteiger partial charge in [-0.3, -0.25) is 9.78 Å². The van der Waals surface area contributed by atoms with Crippen LogP contribution in [0.3, 0.4) is 0 Å². The van der Waals surface area contributed by atoms with Crippen LogP contribution < -0.4 is 5.32 Å². The van der Waals surface area contributed by atoms with E-state index in [0.717, 1.165) is 16.2 Å². The third-order valence-electron chi connectivity index (χ3n) is 2.14. The number of likely N-dealkylation sites (N-methyl/N-ethyl adjacent to an activating group) is 1. The van der Waals surface area contributed by atoms with E-state index in [-0.39, 0.29) is 6.54 Å². The van der Waals surface area contributed by atoms with Gasteiger partial charge in [0.25, 0.3) is 0 Å². The highest BCUT2D eigenvalue weighted by molar-refractivity contribution is 5.79. The molecule has 6 nitrogen and oxygen atoms in total. The lowest BCUT2D eigenvalue weighted by Gasteiger charge is -2.15. The minimum absolute atomic E-state index is 0.321. The fourth-order valence-corrected chi connectivity index (χ4v) is 1.19. The lowest BCUT2D eigenvalue weighted by atomic mass is 10.2. The van der Waals surface area contributed by atoms with Gasteiger partial charge in [-0.2, -0.15) is 0 Å². The molecule has 0 bridgehead atoms. The average molecular weight is 237 g/mol. The summed E-state index contributed by atoms with van der Waals surface area (Å²) in [5.41, 5.74) is 1.77. The molecular formula is C11H15N3O3. The molecule has 0 aromatic carbocycles. The van der Waals surface area contributed by atoms with Gasteiger partial charge in [0.05, 0.1) is 0 Å². The fraction of sp³-hybridized carbons (Fsp3) is 0.364. The molecule has 0 saturated carbocycles. The Morgan fingerprint density at radius 2 is 2.18 bits per heavy atom. The van der Waals surface area contributed by atoms with Crippen molar-refractivity contribution in [1.29, 1.82) is 0 Å². The number of aromatic nitrogens is 1. The number of aryl methyl sites for hydroxylation is 1. The van der Waals surface area contributed by atoms with Gasteiger partial charge in [0.1, 0.15) is 6.54 Å². The normalized spacial score (nSPS) is 9.76. The maximum absolute atomic E-state index is 11.4. The van der Waals surface area contributed by atoms with Crippen LogP contribution in [0.15, 0.2) is 18.3 Å². The van der Waals surface area contributed by atoms with E-state index in [4.69, 9.17) is 5.11 Å². The first-order chi connectivity index (χ1) is 7.99. The first-order valence-electron chi connectivity index (χ1n) is 5.11. The van der Waals surface area contributed by atoms with Crippen molar-refractivity contribution in [2.75, 3.05) is 13.6 Å². The number of rotatable bonds is 4. The van der Waals surface area contributed by atoms with E-state index in [0.29, 0.717) is 6.54 Å². The van der Waals surface area contributed by atoms with Gasteiger partial charge in [-0.25, -0.2) is 4.79 Å². The first kappa shape index (κ1) is 13.0. The largest absolute Gasteiger partial charge is 0.480 e. The van der Waals surface area contributed by atoms with Crippen molar-refractivity contribution < 1.29 is 14.7 Å². The maximum Gasteiger partial charge on any atom is 0.323 e. The number of carboxylic acids is 1. The van der Waals surface area contributed by atoms with Crippen LogP contribution in [0.5, 0.6) is 0 Å². The Kier molecular flexibility index (Phi) is 4.45. The number of nitrogens with one attached hydrogen (secondary N) is 1. The molecule has 0 spiro atoms. The van der Waals surface area contributed by atoms with Crippen LogP contribution in [-0.2, 0) is 11.3 Å². The second-order valence-electron chi connectivity index (χ2n) is 3.72. The summed E-state index contributed by atoms with van der Waals surface area (Å²) in [5, 5.41) is 11.1. The molecule has 6 heteroatoms. The summed E-state index contributed by atoms with van der Waals surface area (Å²) in [6.45, 7) is 1.89. The van der Waals surface area contributed by atoms with Gasteiger partial charge in [-0.1, -0.05) is 6.07 Å². The van der Waals surface area contributed by atoms with Gasteiger partial charge >= 0.3 is 12.0 Å². The molecule has 2 amide bonds. The van der Waals surface area contributed by atoms with E-state index >= 15 is 0 Å². The van der Waals surface area contributed by atoms with E-state index in [9.17, 15) is 9.59 Å². The van der Waals surface area contributed by atoms with E-state index in [1.54, 1.807) is 6.20 Å². The Labute approximate surface area is 99.3 Å². The zero-order chi connectivity index (χ0) is 12.8. The second kappa shape index (κ2) is 5.83. The second-order valence-corrected chi connectivity index (χ2v) is 3.72. The zero-order valence-corrected chi connectivity index (χ0v) is 9.80. The van der Waals surface area contributed by atoms with E-state index in [1.165, 1.54) is 7.05 Å². The van der Waals surface area contributed by atoms with Gasteiger partial charge in [-0.05, 0) is 18.6 Å². The van der Waals surface area contributed by atoms with Crippen molar-refractivity contribution in [3.63, 3.8) is 0 Å². The molecule has 0 fully saturated rings. The van der Waals surface area contributed by atoms with Crippen LogP contribution in [0.25, 0.3) is 0 Å². The van der Waals surface area contributed by atoms with Crippen molar-refractivity contribution in [3.05, 3.63) is 29.6 Å². The van der Waals surface area contributed by atoms with Crippen molar-refractivity contribution in [1.82, 2.24) is 15.2 Å². The van der Waals surface area contributed by atoms with Crippen LogP contribution in [0.4, 0.5) is 4.79 Å². The molecule has 0 atom stereocenters. The van der Waals surface area contributed by atoms with Crippen LogP contribution in [-0.4, -0.2) is 40.6 Å². The number of hydrogen-bond donors (Lipinski definition) is 2. The number of carboxylic acid groups (broad SMARTS) is 1. The lowest BCUT2D eigenvalue weighted by molar-refractivity contribution is -0.137. The molecule has 0 radical (unpaired) electrons. The monoisotopic (exact) mass is 237 g/mol. The third-order valence-corrected chi connectivity index (χ3v) is 2.14. The first-order valence-corrected chi connectivity index (χ1v) is 5.11. The number of carbonyl (C=O) groups is 2. The standard InChI is InChI=1S/C11H15N3O3/c1-8-3-4-9(5-12-8)6-13-11(17)14(2)7-10(15)16/h3-5H,6-7H2,1-2H3,(H,13,17)(H,15,16). The van der Waals surface area contributed by atoms with E-state index < -0.39 is 12.0 Å². The number of urea groups is 1. The van der Waals surface area contributed by atoms with Gasteiger partial charge in [0.2, 0.25) is 0 Å². The molecule has 1 aromatic rings. The summed E-state index contributed by atoms with van der Waals surface area (Å²) >= 11 is 0. The molecule has 1 heterocycles. The average Bonchev–Trinajstić information content (AvgIpc) is 2.27. The summed E-state index contributed by atoms with van der Waals surface area (Å²) in [6.07, 6.45) is 1.67. The maximum atomic E-state index is 11.4. The van der Waals surface area contributed by atoms with Crippen LogP contribution >= 0.6 is 0 Å². The van der Waals surface area contributed by atoms with Crippen molar-refractivity contribution >= 4 is 12.0 Å².